The minimum absolute atomic E-state index is 0.263. The van der Waals surface area contributed by atoms with Crippen LogP contribution in [0, 0.1) is 0 Å². The van der Waals surface area contributed by atoms with E-state index in [1.165, 1.54) is 11.3 Å². The SMILES string of the molecule is CCCCC(=O)c1sccc1Br. The molecule has 0 aliphatic carbocycles. The van der Waals surface area contributed by atoms with E-state index >= 15 is 0 Å². The second kappa shape index (κ2) is 4.77. The fourth-order valence-electron chi connectivity index (χ4n) is 0.944. The van der Waals surface area contributed by atoms with Crippen LogP contribution in [0.4, 0.5) is 0 Å². The van der Waals surface area contributed by atoms with Gasteiger partial charge in [0.15, 0.2) is 5.78 Å². The van der Waals surface area contributed by atoms with Crippen LogP contribution in [0.1, 0.15) is 35.9 Å². The van der Waals surface area contributed by atoms with Crippen molar-refractivity contribution in [3.05, 3.63) is 20.8 Å². The fraction of sp³-hybridized carbons (Fsp3) is 0.444. The molecule has 1 nitrogen and oxygen atoms in total. The number of hydrogen-bond acceptors (Lipinski definition) is 2. The molecule has 0 saturated carbocycles. The summed E-state index contributed by atoms with van der Waals surface area (Å²) in [6, 6.07) is 1.92. The zero-order valence-electron chi connectivity index (χ0n) is 6.97. The van der Waals surface area contributed by atoms with Crippen LogP contribution < -0.4 is 0 Å². The molecule has 1 aromatic heterocycles. The standard InChI is InChI=1S/C9H11BrOS/c1-2-3-4-8(11)9-7(10)5-6-12-9/h5-6H,2-4H2,1H3. The van der Waals surface area contributed by atoms with Crippen LogP contribution in [0.15, 0.2) is 15.9 Å². The van der Waals surface area contributed by atoms with Crippen molar-refractivity contribution < 1.29 is 4.79 Å². The largest absolute Gasteiger partial charge is 0.293 e. The van der Waals surface area contributed by atoms with Gasteiger partial charge in [0.05, 0.1) is 4.88 Å². The van der Waals surface area contributed by atoms with Gasteiger partial charge in [0.2, 0.25) is 0 Å². The molecule has 0 amide bonds. The molecule has 0 aliphatic heterocycles. The summed E-state index contributed by atoms with van der Waals surface area (Å²) in [6.07, 6.45) is 2.74. The smallest absolute Gasteiger partial charge is 0.173 e. The molecule has 0 bridgehead atoms. The molecule has 0 saturated heterocycles. The van der Waals surface area contributed by atoms with E-state index < -0.39 is 0 Å². The molecule has 0 fully saturated rings. The molecule has 3 heteroatoms. The highest BCUT2D eigenvalue weighted by Gasteiger charge is 2.09. The molecule has 0 radical (unpaired) electrons. The van der Waals surface area contributed by atoms with Crippen LogP contribution in [-0.2, 0) is 0 Å². The van der Waals surface area contributed by atoms with E-state index in [0.29, 0.717) is 6.42 Å². The Morgan fingerprint density at radius 1 is 1.67 bits per heavy atom. The van der Waals surface area contributed by atoms with E-state index in [1.807, 2.05) is 11.4 Å². The lowest BCUT2D eigenvalue weighted by Gasteiger charge is -1.95. The van der Waals surface area contributed by atoms with Gasteiger partial charge in [-0.2, -0.15) is 0 Å². The third kappa shape index (κ3) is 2.42. The lowest BCUT2D eigenvalue weighted by molar-refractivity contribution is 0.0983. The van der Waals surface area contributed by atoms with E-state index in [2.05, 4.69) is 22.9 Å². The Morgan fingerprint density at radius 3 is 2.92 bits per heavy atom. The molecule has 66 valence electrons. The van der Waals surface area contributed by atoms with E-state index in [4.69, 9.17) is 0 Å². The number of hydrogen-bond donors (Lipinski definition) is 0. The number of ketones is 1. The molecule has 0 aliphatic rings. The summed E-state index contributed by atoms with van der Waals surface area (Å²) < 4.78 is 0.939. The minimum Gasteiger partial charge on any atom is -0.293 e. The highest BCUT2D eigenvalue weighted by Crippen LogP contribution is 2.24. The van der Waals surface area contributed by atoms with Gasteiger partial charge in [0.25, 0.3) is 0 Å². The van der Waals surface area contributed by atoms with Gasteiger partial charge in [-0.1, -0.05) is 13.3 Å². The molecule has 1 aromatic rings. The number of carbonyl (C=O) groups is 1. The number of rotatable bonds is 4. The molecular weight excluding hydrogens is 236 g/mol. The maximum Gasteiger partial charge on any atom is 0.173 e. The van der Waals surface area contributed by atoms with Gasteiger partial charge in [0.1, 0.15) is 0 Å². The van der Waals surface area contributed by atoms with Crippen LogP contribution in [-0.4, -0.2) is 5.78 Å². The zero-order chi connectivity index (χ0) is 8.97. The summed E-state index contributed by atoms with van der Waals surface area (Å²) >= 11 is 4.86. The molecular formula is C9H11BrOS. The lowest BCUT2D eigenvalue weighted by Crippen LogP contribution is -1.95. The van der Waals surface area contributed by atoms with E-state index in [-0.39, 0.29) is 5.78 Å². The number of carbonyl (C=O) groups excluding carboxylic acids is 1. The average molecular weight is 247 g/mol. The van der Waals surface area contributed by atoms with Crippen LogP contribution in [0.3, 0.4) is 0 Å². The highest BCUT2D eigenvalue weighted by atomic mass is 79.9. The molecule has 0 spiro atoms. The molecule has 0 N–H and O–H groups in total. The van der Waals surface area contributed by atoms with Gasteiger partial charge < -0.3 is 0 Å². The molecule has 12 heavy (non-hydrogen) atoms. The van der Waals surface area contributed by atoms with Crippen molar-refractivity contribution in [2.45, 2.75) is 26.2 Å². The van der Waals surface area contributed by atoms with Gasteiger partial charge in [-0.15, -0.1) is 11.3 Å². The normalized spacial score (nSPS) is 10.2. The molecule has 0 atom stereocenters. The van der Waals surface area contributed by atoms with Gasteiger partial charge in [-0.3, -0.25) is 4.79 Å². The van der Waals surface area contributed by atoms with Gasteiger partial charge >= 0.3 is 0 Å². The quantitative estimate of drug-likeness (QED) is 0.738. The third-order valence-corrected chi connectivity index (χ3v) is 3.51. The zero-order valence-corrected chi connectivity index (χ0v) is 9.37. The summed E-state index contributed by atoms with van der Waals surface area (Å²) in [5, 5.41) is 1.93. The Labute approximate surface area is 84.9 Å². The Hall–Kier alpha value is -0.150. The predicted molar refractivity (Wildman–Crippen MR) is 55.9 cm³/mol. The van der Waals surface area contributed by atoms with Crippen molar-refractivity contribution in [3.63, 3.8) is 0 Å². The summed E-state index contributed by atoms with van der Waals surface area (Å²) in [6.45, 7) is 2.09. The third-order valence-electron chi connectivity index (χ3n) is 1.63. The van der Waals surface area contributed by atoms with Crippen LogP contribution in [0.5, 0.6) is 0 Å². The summed E-state index contributed by atoms with van der Waals surface area (Å²) in [4.78, 5) is 12.3. The second-order valence-electron chi connectivity index (χ2n) is 2.62. The summed E-state index contributed by atoms with van der Waals surface area (Å²) in [5.74, 6) is 0.263. The first kappa shape index (κ1) is 9.93. The fourth-order valence-corrected chi connectivity index (χ4v) is 2.51. The van der Waals surface area contributed by atoms with E-state index in [0.717, 1.165) is 22.2 Å². The summed E-state index contributed by atoms with van der Waals surface area (Å²) in [5.41, 5.74) is 0. The molecule has 0 unspecified atom stereocenters. The minimum atomic E-state index is 0.263. The van der Waals surface area contributed by atoms with Crippen LogP contribution >= 0.6 is 27.3 Å². The molecule has 0 aromatic carbocycles. The van der Waals surface area contributed by atoms with Crippen molar-refractivity contribution in [1.29, 1.82) is 0 Å². The maximum absolute atomic E-state index is 11.5. The Morgan fingerprint density at radius 2 is 2.42 bits per heavy atom. The van der Waals surface area contributed by atoms with Crippen molar-refractivity contribution in [2.75, 3.05) is 0 Å². The first-order chi connectivity index (χ1) is 5.75. The Balaban J connectivity index is 2.59. The van der Waals surface area contributed by atoms with Crippen molar-refractivity contribution in [1.82, 2.24) is 0 Å². The number of thiophene rings is 1. The predicted octanol–water partition coefficient (Wildman–Crippen LogP) is 3.88. The van der Waals surface area contributed by atoms with Crippen LogP contribution in [0.25, 0.3) is 0 Å². The van der Waals surface area contributed by atoms with Crippen molar-refractivity contribution in [3.8, 4) is 0 Å². The average Bonchev–Trinajstić information content (AvgIpc) is 2.47. The van der Waals surface area contributed by atoms with E-state index in [1.54, 1.807) is 0 Å². The second-order valence-corrected chi connectivity index (χ2v) is 4.39. The van der Waals surface area contributed by atoms with Gasteiger partial charge in [0, 0.05) is 10.9 Å². The first-order valence-electron chi connectivity index (χ1n) is 4.02. The highest BCUT2D eigenvalue weighted by molar-refractivity contribution is 9.10. The molecule has 1 rings (SSSR count). The Bertz CT molecular complexity index is 267. The maximum atomic E-state index is 11.5. The number of unbranched alkanes of at least 4 members (excludes halogenated alkanes) is 1. The topological polar surface area (TPSA) is 17.1 Å². The van der Waals surface area contributed by atoms with Gasteiger partial charge in [-0.25, -0.2) is 0 Å². The number of halogens is 1. The monoisotopic (exact) mass is 246 g/mol. The van der Waals surface area contributed by atoms with Crippen molar-refractivity contribution >= 4 is 33.0 Å². The van der Waals surface area contributed by atoms with E-state index in [9.17, 15) is 4.79 Å². The molecule has 1 heterocycles. The number of Topliss-reactive ketones (excluding diaryl/α,β-unsaturated/α-hetero) is 1. The summed E-state index contributed by atoms with van der Waals surface area (Å²) in [7, 11) is 0. The van der Waals surface area contributed by atoms with Gasteiger partial charge in [-0.05, 0) is 33.8 Å². The first-order valence-corrected chi connectivity index (χ1v) is 5.69. The van der Waals surface area contributed by atoms with Crippen molar-refractivity contribution in [2.24, 2.45) is 0 Å². The Kier molecular flexibility index (Phi) is 3.95. The lowest BCUT2D eigenvalue weighted by atomic mass is 10.2. The van der Waals surface area contributed by atoms with Crippen LogP contribution in [0.2, 0.25) is 0 Å².